The van der Waals surface area contributed by atoms with Gasteiger partial charge in [-0.3, -0.25) is 10.1 Å². The van der Waals surface area contributed by atoms with Gasteiger partial charge in [0, 0.05) is 17.1 Å². The standard InChI is InChI=1S/C14H19ClN2O2/c1-9-4-3-5-10(2)14(9)16-12-8-11(15)6-7-13(12)17(18)19/h6-10,14,16H,3-5H2,1-2H3. The fourth-order valence-electron chi connectivity index (χ4n) is 2.93. The first kappa shape index (κ1) is 14.1. The zero-order valence-electron chi connectivity index (χ0n) is 11.2. The Kier molecular flexibility index (Phi) is 4.30. The van der Waals surface area contributed by atoms with Crippen LogP contribution in [0.3, 0.4) is 0 Å². The van der Waals surface area contributed by atoms with E-state index in [9.17, 15) is 10.1 Å². The molecule has 104 valence electrons. The first-order chi connectivity index (χ1) is 8.99. The molecule has 1 saturated carbocycles. The predicted molar refractivity (Wildman–Crippen MR) is 77.7 cm³/mol. The summed E-state index contributed by atoms with van der Waals surface area (Å²) in [7, 11) is 0. The average Bonchev–Trinajstić information content (AvgIpc) is 2.33. The highest BCUT2D eigenvalue weighted by Crippen LogP contribution is 2.35. The number of nitro groups is 1. The Morgan fingerprint density at radius 2 is 1.95 bits per heavy atom. The molecule has 1 fully saturated rings. The second-order valence-corrected chi connectivity index (χ2v) is 5.91. The maximum absolute atomic E-state index is 11.1. The number of nitrogens with one attached hydrogen (secondary N) is 1. The molecule has 19 heavy (non-hydrogen) atoms. The molecule has 0 amide bonds. The van der Waals surface area contributed by atoms with Gasteiger partial charge in [0.15, 0.2) is 0 Å². The van der Waals surface area contributed by atoms with Crippen molar-refractivity contribution in [3.05, 3.63) is 33.3 Å². The molecule has 1 aliphatic carbocycles. The van der Waals surface area contributed by atoms with Gasteiger partial charge in [0.2, 0.25) is 0 Å². The number of halogens is 1. The minimum atomic E-state index is -0.364. The molecule has 0 saturated heterocycles. The average molecular weight is 283 g/mol. The van der Waals surface area contributed by atoms with Crippen LogP contribution in [0.5, 0.6) is 0 Å². The zero-order valence-corrected chi connectivity index (χ0v) is 12.0. The number of rotatable bonds is 3. The van der Waals surface area contributed by atoms with Crippen LogP contribution in [-0.4, -0.2) is 11.0 Å². The van der Waals surface area contributed by atoms with Crippen molar-refractivity contribution in [2.24, 2.45) is 11.8 Å². The van der Waals surface area contributed by atoms with Crippen LogP contribution < -0.4 is 5.32 Å². The second kappa shape index (κ2) is 5.78. The summed E-state index contributed by atoms with van der Waals surface area (Å²) in [4.78, 5) is 10.7. The molecule has 1 N–H and O–H groups in total. The van der Waals surface area contributed by atoms with Crippen LogP contribution >= 0.6 is 11.6 Å². The van der Waals surface area contributed by atoms with E-state index in [1.54, 1.807) is 12.1 Å². The summed E-state index contributed by atoms with van der Waals surface area (Å²) in [6, 6.07) is 4.93. The van der Waals surface area contributed by atoms with Crippen molar-refractivity contribution >= 4 is 23.0 Å². The fourth-order valence-corrected chi connectivity index (χ4v) is 3.10. The van der Waals surface area contributed by atoms with Crippen molar-refractivity contribution in [1.82, 2.24) is 0 Å². The number of hydrogen-bond acceptors (Lipinski definition) is 3. The molecule has 4 nitrogen and oxygen atoms in total. The lowest BCUT2D eigenvalue weighted by atomic mass is 9.78. The number of anilines is 1. The van der Waals surface area contributed by atoms with E-state index in [1.807, 2.05) is 0 Å². The second-order valence-electron chi connectivity index (χ2n) is 5.47. The summed E-state index contributed by atoms with van der Waals surface area (Å²) in [6.07, 6.45) is 3.56. The highest BCUT2D eigenvalue weighted by atomic mass is 35.5. The quantitative estimate of drug-likeness (QED) is 0.657. The molecule has 1 aromatic carbocycles. The minimum absolute atomic E-state index is 0.0920. The Balaban J connectivity index is 2.26. The first-order valence-corrected chi connectivity index (χ1v) is 7.07. The molecular weight excluding hydrogens is 264 g/mol. The molecule has 0 aliphatic heterocycles. The topological polar surface area (TPSA) is 55.2 Å². The van der Waals surface area contributed by atoms with Crippen LogP contribution in [0.25, 0.3) is 0 Å². The highest BCUT2D eigenvalue weighted by Gasteiger charge is 2.29. The van der Waals surface area contributed by atoms with Gasteiger partial charge in [-0.1, -0.05) is 31.9 Å². The summed E-state index contributed by atoms with van der Waals surface area (Å²) in [5, 5.41) is 14.9. The van der Waals surface area contributed by atoms with E-state index >= 15 is 0 Å². The molecule has 1 aromatic rings. The van der Waals surface area contributed by atoms with E-state index in [4.69, 9.17) is 11.6 Å². The van der Waals surface area contributed by atoms with E-state index in [-0.39, 0.29) is 16.7 Å². The van der Waals surface area contributed by atoms with Crippen molar-refractivity contribution < 1.29 is 4.92 Å². The molecule has 0 aromatic heterocycles. The third-order valence-corrected chi connectivity index (χ3v) is 4.26. The third-order valence-electron chi connectivity index (χ3n) is 4.02. The number of nitrogens with zero attached hydrogens (tertiary/aromatic N) is 1. The largest absolute Gasteiger partial charge is 0.376 e. The van der Waals surface area contributed by atoms with Crippen molar-refractivity contribution in [3.8, 4) is 0 Å². The maximum atomic E-state index is 11.1. The van der Waals surface area contributed by atoms with Gasteiger partial charge in [-0.05, 0) is 36.8 Å². The lowest BCUT2D eigenvalue weighted by Crippen LogP contribution is -2.37. The molecule has 2 atom stereocenters. The van der Waals surface area contributed by atoms with Gasteiger partial charge in [-0.15, -0.1) is 0 Å². The van der Waals surface area contributed by atoms with Crippen molar-refractivity contribution in [3.63, 3.8) is 0 Å². The Morgan fingerprint density at radius 3 is 2.53 bits per heavy atom. The molecule has 2 unspecified atom stereocenters. The Labute approximate surface area is 118 Å². The normalized spacial score (nSPS) is 27.0. The Bertz CT molecular complexity index is 469. The number of benzene rings is 1. The van der Waals surface area contributed by atoms with Crippen LogP contribution in [0.4, 0.5) is 11.4 Å². The van der Waals surface area contributed by atoms with Gasteiger partial charge in [-0.2, -0.15) is 0 Å². The molecule has 5 heteroatoms. The third kappa shape index (κ3) is 3.18. The number of hydrogen-bond donors (Lipinski definition) is 1. The van der Waals surface area contributed by atoms with Crippen molar-refractivity contribution in [2.75, 3.05) is 5.32 Å². The van der Waals surface area contributed by atoms with Gasteiger partial charge in [0.25, 0.3) is 5.69 Å². The maximum Gasteiger partial charge on any atom is 0.292 e. The van der Waals surface area contributed by atoms with Gasteiger partial charge < -0.3 is 5.32 Å². The summed E-state index contributed by atoms with van der Waals surface area (Å²) in [5.74, 6) is 1.03. The van der Waals surface area contributed by atoms with E-state index < -0.39 is 0 Å². The zero-order chi connectivity index (χ0) is 14.0. The highest BCUT2D eigenvalue weighted by molar-refractivity contribution is 6.31. The molecule has 0 spiro atoms. The van der Waals surface area contributed by atoms with Crippen LogP contribution in [0.15, 0.2) is 18.2 Å². The molecular formula is C14H19ClN2O2. The van der Waals surface area contributed by atoms with Crippen LogP contribution in [0.1, 0.15) is 33.1 Å². The van der Waals surface area contributed by atoms with E-state index in [1.165, 1.54) is 12.5 Å². The van der Waals surface area contributed by atoms with Gasteiger partial charge in [0.05, 0.1) is 4.92 Å². The minimum Gasteiger partial charge on any atom is -0.376 e. The van der Waals surface area contributed by atoms with Gasteiger partial charge >= 0.3 is 0 Å². The van der Waals surface area contributed by atoms with Gasteiger partial charge in [-0.25, -0.2) is 0 Å². The van der Waals surface area contributed by atoms with Crippen molar-refractivity contribution in [2.45, 2.75) is 39.2 Å². The van der Waals surface area contributed by atoms with Crippen LogP contribution in [0, 0.1) is 22.0 Å². The molecule has 2 rings (SSSR count). The smallest absolute Gasteiger partial charge is 0.292 e. The van der Waals surface area contributed by atoms with E-state index in [2.05, 4.69) is 19.2 Å². The molecule has 0 bridgehead atoms. The fraction of sp³-hybridized carbons (Fsp3) is 0.571. The Morgan fingerprint density at radius 1 is 1.32 bits per heavy atom. The summed E-state index contributed by atoms with van der Waals surface area (Å²) >= 11 is 5.95. The van der Waals surface area contributed by atoms with Gasteiger partial charge in [0.1, 0.15) is 5.69 Å². The number of nitro benzene ring substituents is 1. The summed E-state index contributed by atoms with van der Waals surface area (Å²) in [6.45, 7) is 4.40. The predicted octanol–water partition coefficient (Wildman–Crippen LogP) is 4.48. The van der Waals surface area contributed by atoms with E-state index in [0.717, 1.165) is 12.8 Å². The van der Waals surface area contributed by atoms with Crippen molar-refractivity contribution in [1.29, 1.82) is 0 Å². The van der Waals surface area contributed by atoms with Crippen LogP contribution in [-0.2, 0) is 0 Å². The lowest BCUT2D eigenvalue weighted by molar-refractivity contribution is -0.384. The lowest BCUT2D eigenvalue weighted by Gasteiger charge is -2.35. The molecule has 0 heterocycles. The first-order valence-electron chi connectivity index (χ1n) is 6.69. The Hall–Kier alpha value is -1.29. The monoisotopic (exact) mass is 282 g/mol. The SMILES string of the molecule is CC1CCCC(C)C1Nc1cc(Cl)ccc1[N+](=O)[O-]. The molecule has 0 radical (unpaired) electrons. The van der Waals surface area contributed by atoms with E-state index in [0.29, 0.717) is 22.5 Å². The van der Waals surface area contributed by atoms with Crippen LogP contribution in [0.2, 0.25) is 5.02 Å². The summed E-state index contributed by atoms with van der Waals surface area (Å²) < 4.78 is 0. The molecule has 1 aliphatic rings. The summed E-state index contributed by atoms with van der Waals surface area (Å²) in [5.41, 5.74) is 0.623.